The third-order valence-electron chi connectivity index (χ3n) is 3.30. The number of fused-ring (bicyclic) bond motifs is 1. The number of benzene rings is 1. The lowest BCUT2D eigenvalue weighted by Crippen LogP contribution is -2.22. The average molecular weight is 263 g/mol. The quantitative estimate of drug-likeness (QED) is 0.603. The predicted octanol–water partition coefficient (Wildman–Crippen LogP) is 3.19. The van der Waals surface area contributed by atoms with Crippen molar-refractivity contribution in [3.63, 3.8) is 0 Å². The number of rotatable bonds is 7. The van der Waals surface area contributed by atoms with Crippen LogP contribution in [0.1, 0.15) is 23.6 Å². The first-order valence-electron chi connectivity index (χ1n) is 6.44. The van der Waals surface area contributed by atoms with Crippen molar-refractivity contribution in [3.8, 4) is 5.75 Å². The minimum atomic E-state index is 0.499. The van der Waals surface area contributed by atoms with Gasteiger partial charge in [-0.05, 0) is 36.1 Å². The molecule has 0 aromatic heterocycles. The molecule has 0 aliphatic heterocycles. The lowest BCUT2D eigenvalue weighted by atomic mass is 10.1. The van der Waals surface area contributed by atoms with Gasteiger partial charge in [-0.1, -0.05) is 12.1 Å². The third kappa shape index (κ3) is 3.30. The fourth-order valence-electron chi connectivity index (χ4n) is 2.39. The lowest BCUT2D eigenvalue weighted by Gasteiger charge is -2.14. The summed E-state index contributed by atoms with van der Waals surface area (Å²) >= 11 is 1.92. The van der Waals surface area contributed by atoms with Crippen LogP contribution in [0.5, 0.6) is 5.75 Å². The van der Waals surface area contributed by atoms with Crippen LogP contribution in [0.15, 0.2) is 30.9 Å². The van der Waals surface area contributed by atoms with Crippen LogP contribution in [-0.4, -0.2) is 25.2 Å². The van der Waals surface area contributed by atoms with Crippen LogP contribution in [0.3, 0.4) is 0 Å². The van der Waals surface area contributed by atoms with E-state index in [1.165, 1.54) is 24.0 Å². The van der Waals surface area contributed by atoms with Crippen molar-refractivity contribution in [2.24, 2.45) is 0 Å². The summed E-state index contributed by atoms with van der Waals surface area (Å²) in [6.45, 7) is 4.78. The second-order valence-electron chi connectivity index (χ2n) is 4.47. The highest BCUT2D eigenvalue weighted by atomic mass is 32.2. The van der Waals surface area contributed by atoms with Gasteiger partial charge in [0.25, 0.3) is 0 Å². The zero-order valence-electron chi connectivity index (χ0n) is 10.9. The van der Waals surface area contributed by atoms with Gasteiger partial charge in [-0.3, -0.25) is 0 Å². The maximum atomic E-state index is 5.30. The van der Waals surface area contributed by atoms with Crippen LogP contribution >= 0.6 is 11.8 Å². The first kappa shape index (κ1) is 13.5. The SMILES string of the molecule is C=CCSCCNC1CCc2ccc(OC)cc21. The van der Waals surface area contributed by atoms with Crippen LogP contribution in [0.2, 0.25) is 0 Å². The normalized spacial score (nSPS) is 17.5. The molecule has 0 saturated heterocycles. The molecule has 0 saturated carbocycles. The highest BCUT2D eigenvalue weighted by Gasteiger charge is 2.22. The molecule has 98 valence electrons. The van der Waals surface area contributed by atoms with E-state index in [9.17, 15) is 0 Å². The molecule has 2 rings (SSSR count). The molecular formula is C15H21NOS. The zero-order valence-corrected chi connectivity index (χ0v) is 11.8. The van der Waals surface area contributed by atoms with Gasteiger partial charge in [0.05, 0.1) is 7.11 Å². The van der Waals surface area contributed by atoms with Crippen molar-refractivity contribution in [1.29, 1.82) is 0 Å². The average Bonchev–Trinajstić information content (AvgIpc) is 2.81. The number of hydrogen-bond donors (Lipinski definition) is 1. The molecule has 0 spiro atoms. The van der Waals surface area contributed by atoms with Crippen LogP contribution in [-0.2, 0) is 6.42 Å². The van der Waals surface area contributed by atoms with Crippen molar-refractivity contribution in [2.45, 2.75) is 18.9 Å². The number of nitrogens with one attached hydrogen (secondary N) is 1. The van der Waals surface area contributed by atoms with E-state index in [0.717, 1.165) is 23.8 Å². The Bertz CT molecular complexity index is 405. The Morgan fingerprint density at radius 1 is 1.56 bits per heavy atom. The smallest absolute Gasteiger partial charge is 0.119 e. The van der Waals surface area contributed by atoms with E-state index in [-0.39, 0.29) is 0 Å². The van der Waals surface area contributed by atoms with E-state index >= 15 is 0 Å². The molecule has 1 aromatic rings. The molecule has 0 radical (unpaired) electrons. The summed E-state index contributed by atoms with van der Waals surface area (Å²) in [7, 11) is 1.73. The molecule has 0 heterocycles. The molecule has 1 atom stereocenters. The van der Waals surface area contributed by atoms with Crippen LogP contribution in [0.25, 0.3) is 0 Å². The van der Waals surface area contributed by atoms with Gasteiger partial charge in [-0.15, -0.1) is 6.58 Å². The minimum Gasteiger partial charge on any atom is -0.497 e. The van der Waals surface area contributed by atoms with Gasteiger partial charge in [0.2, 0.25) is 0 Å². The van der Waals surface area contributed by atoms with E-state index in [0.29, 0.717) is 6.04 Å². The van der Waals surface area contributed by atoms with Crippen molar-refractivity contribution in [2.75, 3.05) is 25.2 Å². The molecule has 0 amide bonds. The molecule has 3 heteroatoms. The Kier molecular flexibility index (Phi) is 5.14. The topological polar surface area (TPSA) is 21.3 Å². The Morgan fingerprint density at radius 3 is 3.22 bits per heavy atom. The number of thioether (sulfide) groups is 1. The van der Waals surface area contributed by atoms with Crippen molar-refractivity contribution in [3.05, 3.63) is 42.0 Å². The van der Waals surface area contributed by atoms with Gasteiger partial charge in [0.15, 0.2) is 0 Å². The van der Waals surface area contributed by atoms with Crippen LogP contribution in [0, 0.1) is 0 Å². The summed E-state index contributed by atoms with van der Waals surface area (Å²) in [6.07, 6.45) is 4.34. The van der Waals surface area contributed by atoms with Crippen molar-refractivity contribution >= 4 is 11.8 Å². The molecular weight excluding hydrogens is 242 g/mol. The Balaban J connectivity index is 1.88. The molecule has 18 heavy (non-hydrogen) atoms. The first-order valence-corrected chi connectivity index (χ1v) is 7.59. The van der Waals surface area contributed by atoms with Crippen molar-refractivity contribution < 1.29 is 4.74 Å². The maximum Gasteiger partial charge on any atom is 0.119 e. The van der Waals surface area contributed by atoms with Crippen LogP contribution in [0.4, 0.5) is 0 Å². The Labute approximate surface area is 114 Å². The van der Waals surface area contributed by atoms with Crippen molar-refractivity contribution in [1.82, 2.24) is 5.32 Å². The first-order chi connectivity index (χ1) is 8.85. The Hall–Kier alpha value is -0.930. The highest BCUT2D eigenvalue weighted by Crippen LogP contribution is 2.33. The summed E-state index contributed by atoms with van der Waals surface area (Å²) < 4.78 is 5.30. The summed E-state index contributed by atoms with van der Waals surface area (Å²) in [6, 6.07) is 6.93. The molecule has 1 aliphatic carbocycles. The molecule has 0 fully saturated rings. The number of hydrogen-bond acceptors (Lipinski definition) is 3. The molecule has 1 aliphatic rings. The predicted molar refractivity (Wildman–Crippen MR) is 79.6 cm³/mol. The van der Waals surface area contributed by atoms with Gasteiger partial charge >= 0.3 is 0 Å². The van der Waals surface area contributed by atoms with E-state index in [1.54, 1.807) is 7.11 Å². The monoisotopic (exact) mass is 263 g/mol. The van der Waals surface area contributed by atoms with Gasteiger partial charge in [0, 0.05) is 24.1 Å². The van der Waals surface area contributed by atoms with E-state index in [2.05, 4.69) is 30.1 Å². The fourth-order valence-corrected chi connectivity index (χ4v) is 2.99. The Morgan fingerprint density at radius 2 is 2.44 bits per heavy atom. The second kappa shape index (κ2) is 6.86. The van der Waals surface area contributed by atoms with Gasteiger partial charge in [-0.25, -0.2) is 0 Å². The molecule has 2 nitrogen and oxygen atoms in total. The van der Waals surface area contributed by atoms with E-state index in [4.69, 9.17) is 4.74 Å². The number of aryl methyl sites for hydroxylation is 1. The maximum absolute atomic E-state index is 5.30. The van der Waals surface area contributed by atoms with Crippen LogP contribution < -0.4 is 10.1 Å². The van der Waals surface area contributed by atoms with Gasteiger partial charge < -0.3 is 10.1 Å². The van der Waals surface area contributed by atoms with E-state index < -0.39 is 0 Å². The van der Waals surface area contributed by atoms with E-state index in [1.807, 2.05) is 17.8 Å². The summed E-state index contributed by atoms with van der Waals surface area (Å²) in [5.74, 6) is 3.14. The molecule has 0 bridgehead atoms. The molecule has 1 unspecified atom stereocenters. The minimum absolute atomic E-state index is 0.499. The second-order valence-corrected chi connectivity index (χ2v) is 5.62. The number of methoxy groups -OCH3 is 1. The summed E-state index contributed by atoms with van der Waals surface area (Å²) in [4.78, 5) is 0. The molecule has 1 aromatic carbocycles. The fraction of sp³-hybridized carbons (Fsp3) is 0.467. The molecule has 1 N–H and O–H groups in total. The highest BCUT2D eigenvalue weighted by molar-refractivity contribution is 7.99. The zero-order chi connectivity index (χ0) is 12.8. The summed E-state index contributed by atoms with van der Waals surface area (Å²) in [5.41, 5.74) is 2.88. The van der Waals surface area contributed by atoms with Gasteiger partial charge in [-0.2, -0.15) is 11.8 Å². The van der Waals surface area contributed by atoms with Gasteiger partial charge in [0.1, 0.15) is 5.75 Å². The third-order valence-corrected chi connectivity index (χ3v) is 4.27. The number of ether oxygens (including phenoxy) is 1. The summed E-state index contributed by atoms with van der Waals surface area (Å²) in [5, 5.41) is 3.64. The largest absolute Gasteiger partial charge is 0.497 e. The lowest BCUT2D eigenvalue weighted by molar-refractivity contribution is 0.413. The standard InChI is InChI=1S/C15H21NOS/c1-3-9-18-10-8-16-15-7-5-12-4-6-13(17-2)11-14(12)15/h3-4,6,11,15-16H,1,5,7-10H2,2H3.